The number of rotatable bonds is 3. The molecule has 0 unspecified atom stereocenters. The van der Waals surface area contributed by atoms with Crippen LogP contribution in [0.25, 0.3) is 0 Å². The predicted octanol–water partition coefficient (Wildman–Crippen LogP) is 1.34. The second-order valence-electron chi connectivity index (χ2n) is 6.74. The minimum absolute atomic E-state index is 0.00882. The largest absolute Gasteiger partial charge is 0.337 e. The number of sulfonamides is 1. The molecule has 1 aromatic rings. The Morgan fingerprint density at radius 3 is 2.50 bits per heavy atom. The summed E-state index contributed by atoms with van der Waals surface area (Å²) in [5.74, 6) is -0.129. The number of piperidine rings is 1. The first-order valence-corrected chi connectivity index (χ1v) is 9.99. The molecule has 3 rings (SSSR count). The zero-order valence-corrected chi connectivity index (χ0v) is 14.9. The molecule has 0 saturated carbocycles. The summed E-state index contributed by atoms with van der Waals surface area (Å²) in [6.45, 7) is 4.10. The van der Waals surface area contributed by atoms with Gasteiger partial charge in [-0.05, 0) is 43.9 Å². The van der Waals surface area contributed by atoms with Crippen LogP contribution in [-0.4, -0.2) is 55.8 Å². The molecule has 1 aromatic carbocycles. The summed E-state index contributed by atoms with van der Waals surface area (Å²) in [4.78, 5) is 14.7. The number of hydrogen-bond acceptors (Lipinski definition) is 4. The maximum Gasteiger partial charge on any atom is 0.254 e. The second-order valence-corrected chi connectivity index (χ2v) is 8.68. The van der Waals surface area contributed by atoms with Crippen molar-refractivity contribution in [1.82, 2.24) is 9.21 Å². The molecular formula is C17H25N3O3S. The Kier molecular flexibility index (Phi) is 4.94. The van der Waals surface area contributed by atoms with Crippen molar-refractivity contribution in [3.05, 3.63) is 29.3 Å². The molecule has 0 spiro atoms. The van der Waals surface area contributed by atoms with E-state index in [4.69, 9.17) is 5.73 Å². The molecule has 132 valence electrons. The number of likely N-dealkylation sites (tertiary alicyclic amines) is 1. The van der Waals surface area contributed by atoms with Crippen molar-refractivity contribution in [2.45, 2.75) is 43.5 Å². The van der Waals surface area contributed by atoms with Crippen LogP contribution in [0.15, 0.2) is 23.1 Å². The predicted molar refractivity (Wildman–Crippen MR) is 92.3 cm³/mol. The summed E-state index contributed by atoms with van der Waals surface area (Å²) >= 11 is 0. The Morgan fingerprint density at radius 2 is 1.88 bits per heavy atom. The standard InChI is InChI=1S/C17H25N3O3S/c1-13-5-6-15(24(22,23)20-8-3-2-4-9-20)11-16(13)17(21)19-10-7-14(18)12-19/h5-6,11,14H,2-4,7-10,12,18H2,1H3/t14-/m1/s1. The van der Waals surface area contributed by atoms with Gasteiger partial charge in [0.05, 0.1) is 4.90 Å². The molecule has 0 aliphatic carbocycles. The van der Waals surface area contributed by atoms with Crippen molar-refractivity contribution in [3.63, 3.8) is 0 Å². The first-order chi connectivity index (χ1) is 11.4. The smallest absolute Gasteiger partial charge is 0.254 e. The molecule has 24 heavy (non-hydrogen) atoms. The third-order valence-corrected chi connectivity index (χ3v) is 6.80. The fourth-order valence-electron chi connectivity index (χ4n) is 3.39. The number of nitrogens with zero attached hydrogens (tertiary/aromatic N) is 2. The average Bonchev–Trinajstić information content (AvgIpc) is 3.02. The van der Waals surface area contributed by atoms with Crippen LogP contribution in [0.1, 0.15) is 41.6 Å². The van der Waals surface area contributed by atoms with E-state index >= 15 is 0 Å². The Hall–Kier alpha value is -1.44. The van der Waals surface area contributed by atoms with E-state index in [1.54, 1.807) is 17.0 Å². The summed E-state index contributed by atoms with van der Waals surface area (Å²) in [5.41, 5.74) is 7.13. The van der Waals surface area contributed by atoms with Crippen molar-refractivity contribution >= 4 is 15.9 Å². The van der Waals surface area contributed by atoms with Crippen molar-refractivity contribution in [2.75, 3.05) is 26.2 Å². The van der Waals surface area contributed by atoms with E-state index in [0.717, 1.165) is 31.2 Å². The van der Waals surface area contributed by atoms with Crippen molar-refractivity contribution in [3.8, 4) is 0 Å². The summed E-state index contributed by atoms with van der Waals surface area (Å²) in [6.07, 6.45) is 3.64. The van der Waals surface area contributed by atoms with Gasteiger partial charge in [0, 0.05) is 37.8 Å². The van der Waals surface area contributed by atoms with Crippen molar-refractivity contribution in [2.24, 2.45) is 5.73 Å². The van der Waals surface area contributed by atoms with Crippen LogP contribution in [0, 0.1) is 6.92 Å². The monoisotopic (exact) mass is 351 g/mol. The molecule has 2 saturated heterocycles. The molecule has 0 aromatic heterocycles. The van der Waals surface area contributed by atoms with Gasteiger partial charge >= 0.3 is 0 Å². The molecule has 2 fully saturated rings. The van der Waals surface area contributed by atoms with Gasteiger partial charge in [0.25, 0.3) is 5.91 Å². The van der Waals surface area contributed by atoms with Gasteiger partial charge in [-0.15, -0.1) is 0 Å². The van der Waals surface area contributed by atoms with E-state index in [2.05, 4.69) is 0 Å². The molecule has 1 atom stereocenters. The van der Waals surface area contributed by atoms with E-state index in [0.29, 0.717) is 31.7 Å². The lowest BCUT2D eigenvalue weighted by Crippen LogP contribution is -2.36. The molecule has 0 bridgehead atoms. The number of amides is 1. The van der Waals surface area contributed by atoms with Crippen LogP contribution in [0.4, 0.5) is 0 Å². The summed E-state index contributed by atoms with van der Waals surface area (Å²) in [7, 11) is -3.53. The quantitative estimate of drug-likeness (QED) is 0.891. The van der Waals surface area contributed by atoms with Crippen LogP contribution in [0.5, 0.6) is 0 Å². The van der Waals surface area contributed by atoms with Gasteiger partial charge in [-0.25, -0.2) is 8.42 Å². The number of aryl methyl sites for hydroxylation is 1. The van der Waals surface area contributed by atoms with E-state index in [1.165, 1.54) is 10.4 Å². The van der Waals surface area contributed by atoms with E-state index in [1.807, 2.05) is 6.92 Å². The fraction of sp³-hybridized carbons (Fsp3) is 0.588. The zero-order chi connectivity index (χ0) is 17.3. The number of carbonyl (C=O) groups is 1. The Balaban J connectivity index is 1.89. The third kappa shape index (κ3) is 3.34. The highest BCUT2D eigenvalue weighted by Gasteiger charge is 2.29. The number of benzene rings is 1. The average molecular weight is 351 g/mol. The minimum atomic E-state index is -3.53. The van der Waals surface area contributed by atoms with Gasteiger partial charge in [-0.1, -0.05) is 12.5 Å². The van der Waals surface area contributed by atoms with Gasteiger partial charge in [-0.2, -0.15) is 4.31 Å². The fourth-order valence-corrected chi connectivity index (χ4v) is 4.93. The van der Waals surface area contributed by atoms with Gasteiger partial charge in [0.2, 0.25) is 10.0 Å². The lowest BCUT2D eigenvalue weighted by atomic mass is 10.1. The Morgan fingerprint density at radius 1 is 1.17 bits per heavy atom. The highest BCUT2D eigenvalue weighted by Crippen LogP contribution is 2.24. The third-order valence-electron chi connectivity index (χ3n) is 4.90. The van der Waals surface area contributed by atoms with E-state index < -0.39 is 10.0 Å². The zero-order valence-electron chi connectivity index (χ0n) is 14.1. The van der Waals surface area contributed by atoms with Gasteiger partial charge in [0.15, 0.2) is 0 Å². The van der Waals surface area contributed by atoms with Crippen LogP contribution in [-0.2, 0) is 10.0 Å². The topological polar surface area (TPSA) is 83.7 Å². The van der Waals surface area contributed by atoms with E-state index in [9.17, 15) is 13.2 Å². The highest BCUT2D eigenvalue weighted by atomic mass is 32.2. The molecular weight excluding hydrogens is 326 g/mol. The number of hydrogen-bond donors (Lipinski definition) is 1. The van der Waals surface area contributed by atoms with Gasteiger partial charge < -0.3 is 10.6 Å². The first-order valence-electron chi connectivity index (χ1n) is 8.55. The molecule has 1 amide bonds. The molecule has 2 aliphatic rings. The molecule has 2 N–H and O–H groups in total. The van der Waals surface area contributed by atoms with Crippen molar-refractivity contribution in [1.29, 1.82) is 0 Å². The number of nitrogens with two attached hydrogens (primary N) is 1. The second kappa shape index (κ2) is 6.82. The van der Waals surface area contributed by atoms with Crippen LogP contribution in [0.2, 0.25) is 0 Å². The summed E-state index contributed by atoms with van der Waals surface area (Å²) in [6, 6.07) is 4.87. The minimum Gasteiger partial charge on any atom is -0.337 e. The maximum absolute atomic E-state index is 12.8. The lowest BCUT2D eigenvalue weighted by Gasteiger charge is -2.26. The SMILES string of the molecule is Cc1ccc(S(=O)(=O)N2CCCCC2)cc1C(=O)N1CC[C@@H](N)C1. The Labute approximate surface area is 143 Å². The molecule has 7 heteroatoms. The molecule has 2 heterocycles. The summed E-state index contributed by atoms with van der Waals surface area (Å²) < 4.78 is 27.2. The summed E-state index contributed by atoms with van der Waals surface area (Å²) in [5, 5.41) is 0. The molecule has 0 radical (unpaired) electrons. The first kappa shape index (κ1) is 17.4. The van der Waals surface area contributed by atoms with Crippen LogP contribution in [0.3, 0.4) is 0 Å². The van der Waals surface area contributed by atoms with Crippen LogP contribution >= 0.6 is 0 Å². The molecule has 6 nitrogen and oxygen atoms in total. The molecule has 2 aliphatic heterocycles. The number of carbonyl (C=O) groups excluding carboxylic acids is 1. The van der Waals surface area contributed by atoms with E-state index in [-0.39, 0.29) is 16.8 Å². The van der Waals surface area contributed by atoms with Crippen LogP contribution < -0.4 is 5.73 Å². The van der Waals surface area contributed by atoms with Gasteiger partial charge in [-0.3, -0.25) is 4.79 Å². The lowest BCUT2D eigenvalue weighted by molar-refractivity contribution is 0.0790. The maximum atomic E-state index is 12.8. The Bertz CT molecular complexity index is 727. The highest BCUT2D eigenvalue weighted by molar-refractivity contribution is 7.89. The van der Waals surface area contributed by atoms with Crippen molar-refractivity contribution < 1.29 is 13.2 Å². The van der Waals surface area contributed by atoms with Gasteiger partial charge in [0.1, 0.15) is 0 Å². The normalized spacial score (nSPS) is 22.8.